The summed E-state index contributed by atoms with van der Waals surface area (Å²) in [5, 5.41) is 3.60. The Labute approximate surface area is 131 Å². The van der Waals surface area contributed by atoms with Gasteiger partial charge < -0.3 is 5.32 Å². The van der Waals surface area contributed by atoms with Gasteiger partial charge in [0.15, 0.2) is 0 Å². The molecule has 0 spiro atoms. The van der Waals surface area contributed by atoms with Crippen molar-refractivity contribution in [3.8, 4) is 0 Å². The highest BCUT2D eigenvalue weighted by Gasteiger charge is 2.30. The normalized spacial score (nSPS) is 26.0. The van der Waals surface area contributed by atoms with Gasteiger partial charge in [0.25, 0.3) is 0 Å². The molecular formula is C20H33N. The molecule has 1 N–H and O–H groups in total. The zero-order valence-corrected chi connectivity index (χ0v) is 14.2. The molecule has 1 aromatic carbocycles. The monoisotopic (exact) mass is 287 g/mol. The molecule has 3 unspecified atom stereocenters. The molecule has 1 aliphatic rings. The first kappa shape index (κ1) is 16.5. The molecule has 1 saturated carbocycles. The highest BCUT2D eigenvalue weighted by Crippen LogP contribution is 2.38. The van der Waals surface area contributed by atoms with Crippen molar-refractivity contribution in [2.45, 2.75) is 59.3 Å². The molecule has 0 aliphatic heterocycles. The minimum absolute atomic E-state index is 0.871. The molecule has 1 aliphatic carbocycles. The fourth-order valence-electron chi connectivity index (χ4n) is 4.06. The van der Waals surface area contributed by atoms with Crippen molar-refractivity contribution < 1.29 is 0 Å². The van der Waals surface area contributed by atoms with E-state index in [1.165, 1.54) is 50.6 Å². The van der Waals surface area contributed by atoms with E-state index in [1.54, 1.807) is 5.56 Å². The third-order valence-corrected chi connectivity index (χ3v) is 5.35. The van der Waals surface area contributed by atoms with Gasteiger partial charge in [-0.3, -0.25) is 0 Å². The number of nitrogens with one attached hydrogen (secondary N) is 1. The van der Waals surface area contributed by atoms with Crippen LogP contribution in [0.15, 0.2) is 24.3 Å². The first-order valence-corrected chi connectivity index (χ1v) is 8.99. The summed E-state index contributed by atoms with van der Waals surface area (Å²) in [5.74, 6) is 2.72. The second-order valence-corrected chi connectivity index (χ2v) is 6.93. The summed E-state index contributed by atoms with van der Waals surface area (Å²) < 4.78 is 0. The van der Waals surface area contributed by atoms with Gasteiger partial charge in [-0.25, -0.2) is 0 Å². The van der Waals surface area contributed by atoms with Crippen LogP contribution in [0.1, 0.15) is 57.1 Å². The lowest BCUT2D eigenvalue weighted by molar-refractivity contribution is 0.168. The SMILES string of the molecule is CCCC1CCC(CNCC)C(Cc2ccccc2C)C1. The standard InChI is InChI=1S/C20H33N/c1-4-8-17-11-12-19(15-21-5-2)20(13-17)14-18-10-7-6-9-16(18)3/h6-7,9-10,17,19-21H,4-5,8,11-15H2,1-3H3. The van der Waals surface area contributed by atoms with Crippen molar-refractivity contribution >= 4 is 0 Å². The van der Waals surface area contributed by atoms with E-state index in [0.717, 1.165) is 24.3 Å². The number of hydrogen-bond acceptors (Lipinski definition) is 1. The highest BCUT2D eigenvalue weighted by molar-refractivity contribution is 5.26. The lowest BCUT2D eigenvalue weighted by atomic mass is 9.70. The first-order valence-electron chi connectivity index (χ1n) is 8.99. The van der Waals surface area contributed by atoms with E-state index in [4.69, 9.17) is 0 Å². The predicted molar refractivity (Wildman–Crippen MR) is 92.7 cm³/mol. The van der Waals surface area contributed by atoms with E-state index in [9.17, 15) is 0 Å². The summed E-state index contributed by atoms with van der Waals surface area (Å²) in [6, 6.07) is 8.97. The van der Waals surface area contributed by atoms with Gasteiger partial charge in [0.2, 0.25) is 0 Å². The molecule has 0 aromatic heterocycles. The zero-order chi connectivity index (χ0) is 15.1. The Morgan fingerprint density at radius 1 is 1.10 bits per heavy atom. The number of rotatable bonds is 7. The summed E-state index contributed by atoms with van der Waals surface area (Å²) in [5.41, 5.74) is 3.04. The molecule has 0 heterocycles. The van der Waals surface area contributed by atoms with Gasteiger partial charge in [0.1, 0.15) is 0 Å². The Balaban J connectivity index is 2.03. The molecule has 1 aromatic rings. The summed E-state index contributed by atoms with van der Waals surface area (Å²) in [4.78, 5) is 0. The van der Waals surface area contributed by atoms with Crippen LogP contribution < -0.4 is 5.32 Å². The lowest BCUT2D eigenvalue weighted by Gasteiger charge is -2.37. The minimum Gasteiger partial charge on any atom is -0.317 e. The number of hydrogen-bond donors (Lipinski definition) is 1. The third-order valence-electron chi connectivity index (χ3n) is 5.35. The summed E-state index contributed by atoms with van der Waals surface area (Å²) >= 11 is 0. The van der Waals surface area contributed by atoms with Crippen molar-refractivity contribution in [3.63, 3.8) is 0 Å². The van der Waals surface area contributed by atoms with Crippen molar-refractivity contribution in [2.24, 2.45) is 17.8 Å². The fraction of sp³-hybridized carbons (Fsp3) is 0.700. The molecule has 0 amide bonds. The Morgan fingerprint density at radius 3 is 2.62 bits per heavy atom. The molecule has 0 bridgehead atoms. The summed E-state index contributed by atoms with van der Waals surface area (Å²) in [6.07, 6.45) is 8.38. The van der Waals surface area contributed by atoms with Crippen LogP contribution in [0.3, 0.4) is 0 Å². The average Bonchev–Trinajstić information content (AvgIpc) is 2.49. The van der Waals surface area contributed by atoms with Gasteiger partial charge in [-0.2, -0.15) is 0 Å². The van der Waals surface area contributed by atoms with Crippen LogP contribution in [-0.2, 0) is 6.42 Å². The fourth-order valence-corrected chi connectivity index (χ4v) is 4.06. The van der Waals surface area contributed by atoms with Crippen molar-refractivity contribution in [1.82, 2.24) is 5.32 Å². The third kappa shape index (κ3) is 4.85. The van der Waals surface area contributed by atoms with Crippen LogP contribution in [0.5, 0.6) is 0 Å². The first-order chi connectivity index (χ1) is 10.2. The maximum absolute atomic E-state index is 3.60. The van der Waals surface area contributed by atoms with Crippen molar-refractivity contribution in [2.75, 3.05) is 13.1 Å². The topological polar surface area (TPSA) is 12.0 Å². The van der Waals surface area contributed by atoms with Crippen LogP contribution >= 0.6 is 0 Å². The van der Waals surface area contributed by atoms with Crippen LogP contribution in [-0.4, -0.2) is 13.1 Å². The zero-order valence-electron chi connectivity index (χ0n) is 14.2. The van der Waals surface area contributed by atoms with Gasteiger partial charge in [0.05, 0.1) is 0 Å². The Kier molecular flexibility index (Phi) is 6.76. The molecule has 0 saturated heterocycles. The summed E-state index contributed by atoms with van der Waals surface area (Å²) in [7, 11) is 0. The maximum atomic E-state index is 3.60. The predicted octanol–water partition coefficient (Wildman–Crippen LogP) is 4.98. The second kappa shape index (κ2) is 8.58. The van der Waals surface area contributed by atoms with E-state index in [1.807, 2.05) is 0 Å². The molecule has 118 valence electrons. The van der Waals surface area contributed by atoms with Gasteiger partial charge in [-0.15, -0.1) is 0 Å². The molecule has 3 atom stereocenters. The van der Waals surface area contributed by atoms with Gasteiger partial charge in [-0.1, -0.05) is 57.4 Å². The smallest absolute Gasteiger partial charge is 0.00179 e. The van der Waals surface area contributed by atoms with Crippen LogP contribution in [0, 0.1) is 24.7 Å². The van der Waals surface area contributed by atoms with Gasteiger partial charge in [0, 0.05) is 0 Å². The molecule has 21 heavy (non-hydrogen) atoms. The maximum Gasteiger partial charge on any atom is -0.00179 e. The molecule has 0 radical (unpaired) electrons. The second-order valence-electron chi connectivity index (χ2n) is 6.93. The number of benzene rings is 1. The largest absolute Gasteiger partial charge is 0.317 e. The van der Waals surface area contributed by atoms with E-state index >= 15 is 0 Å². The molecule has 1 nitrogen and oxygen atoms in total. The quantitative estimate of drug-likeness (QED) is 0.746. The van der Waals surface area contributed by atoms with Crippen LogP contribution in [0.2, 0.25) is 0 Å². The lowest BCUT2D eigenvalue weighted by Crippen LogP contribution is -2.34. The molecule has 1 heteroatoms. The molecule has 2 rings (SSSR count). The van der Waals surface area contributed by atoms with E-state index in [-0.39, 0.29) is 0 Å². The van der Waals surface area contributed by atoms with Crippen molar-refractivity contribution in [1.29, 1.82) is 0 Å². The van der Waals surface area contributed by atoms with E-state index in [2.05, 4.69) is 50.4 Å². The van der Waals surface area contributed by atoms with Crippen molar-refractivity contribution in [3.05, 3.63) is 35.4 Å². The number of aryl methyl sites for hydroxylation is 1. The Bertz CT molecular complexity index is 412. The van der Waals surface area contributed by atoms with Crippen LogP contribution in [0.4, 0.5) is 0 Å². The highest BCUT2D eigenvalue weighted by atomic mass is 14.8. The minimum atomic E-state index is 0.871. The van der Waals surface area contributed by atoms with Crippen LogP contribution in [0.25, 0.3) is 0 Å². The van der Waals surface area contributed by atoms with E-state index in [0.29, 0.717) is 0 Å². The molecular weight excluding hydrogens is 254 g/mol. The molecule has 1 fully saturated rings. The Morgan fingerprint density at radius 2 is 1.90 bits per heavy atom. The average molecular weight is 287 g/mol. The van der Waals surface area contributed by atoms with E-state index < -0.39 is 0 Å². The summed E-state index contributed by atoms with van der Waals surface area (Å²) in [6.45, 7) is 9.14. The van der Waals surface area contributed by atoms with Gasteiger partial charge >= 0.3 is 0 Å². The van der Waals surface area contributed by atoms with Gasteiger partial charge in [-0.05, 0) is 68.2 Å². The Hall–Kier alpha value is -0.820.